The molecule has 0 saturated carbocycles. The SMILES string of the molecule is CCOc1ccc(C(=O)c2ccc(OC)cc2F)cc1N. The zero-order chi connectivity index (χ0) is 15.4. The van der Waals surface area contributed by atoms with Gasteiger partial charge in [0.05, 0.1) is 25.0 Å². The summed E-state index contributed by atoms with van der Waals surface area (Å²) in [4.78, 5) is 12.3. The van der Waals surface area contributed by atoms with Crippen LogP contribution in [-0.4, -0.2) is 19.5 Å². The molecule has 0 radical (unpaired) electrons. The first-order valence-corrected chi connectivity index (χ1v) is 6.47. The highest BCUT2D eigenvalue weighted by molar-refractivity contribution is 6.09. The third kappa shape index (κ3) is 3.13. The first-order valence-electron chi connectivity index (χ1n) is 6.47. The van der Waals surface area contributed by atoms with Gasteiger partial charge >= 0.3 is 0 Å². The standard InChI is InChI=1S/C16H16FNO3/c1-3-21-15-7-4-10(8-14(15)18)16(19)12-6-5-11(20-2)9-13(12)17/h4-9H,3,18H2,1-2H3. The molecule has 21 heavy (non-hydrogen) atoms. The smallest absolute Gasteiger partial charge is 0.196 e. The Kier molecular flexibility index (Phi) is 4.42. The summed E-state index contributed by atoms with van der Waals surface area (Å²) in [6.45, 7) is 2.32. The minimum atomic E-state index is -0.633. The molecule has 0 spiro atoms. The summed E-state index contributed by atoms with van der Waals surface area (Å²) >= 11 is 0. The number of carbonyl (C=O) groups is 1. The van der Waals surface area contributed by atoms with Crippen LogP contribution in [0.15, 0.2) is 36.4 Å². The summed E-state index contributed by atoms with van der Waals surface area (Å²) in [6.07, 6.45) is 0. The summed E-state index contributed by atoms with van der Waals surface area (Å²) < 4.78 is 24.1. The van der Waals surface area contributed by atoms with Crippen LogP contribution in [0.1, 0.15) is 22.8 Å². The Morgan fingerprint density at radius 1 is 1.24 bits per heavy atom. The molecule has 0 bridgehead atoms. The largest absolute Gasteiger partial charge is 0.497 e. The number of nitrogens with two attached hydrogens (primary N) is 1. The quantitative estimate of drug-likeness (QED) is 0.679. The van der Waals surface area contributed by atoms with Crippen LogP contribution in [0.5, 0.6) is 11.5 Å². The molecule has 110 valence electrons. The van der Waals surface area contributed by atoms with Crippen LogP contribution in [0.3, 0.4) is 0 Å². The number of ether oxygens (including phenoxy) is 2. The van der Waals surface area contributed by atoms with E-state index in [1.54, 1.807) is 12.1 Å². The van der Waals surface area contributed by atoms with Crippen molar-refractivity contribution >= 4 is 11.5 Å². The van der Waals surface area contributed by atoms with E-state index in [0.29, 0.717) is 29.4 Å². The van der Waals surface area contributed by atoms with Crippen molar-refractivity contribution in [3.8, 4) is 11.5 Å². The van der Waals surface area contributed by atoms with Crippen LogP contribution in [0, 0.1) is 5.82 Å². The maximum atomic E-state index is 13.9. The van der Waals surface area contributed by atoms with E-state index in [-0.39, 0.29) is 5.56 Å². The van der Waals surface area contributed by atoms with Gasteiger partial charge in [0, 0.05) is 11.6 Å². The minimum absolute atomic E-state index is 0.0284. The Morgan fingerprint density at radius 3 is 2.57 bits per heavy atom. The molecule has 0 heterocycles. The fourth-order valence-corrected chi connectivity index (χ4v) is 1.94. The molecule has 0 aliphatic heterocycles. The van der Waals surface area contributed by atoms with E-state index in [1.165, 1.54) is 31.4 Å². The van der Waals surface area contributed by atoms with Crippen LogP contribution < -0.4 is 15.2 Å². The molecule has 2 rings (SSSR count). The number of ketones is 1. The Bertz CT molecular complexity index is 671. The van der Waals surface area contributed by atoms with E-state index < -0.39 is 11.6 Å². The molecule has 0 fully saturated rings. The maximum absolute atomic E-state index is 13.9. The summed E-state index contributed by atoms with van der Waals surface area (Å²) in [5.41, 5.74) is 6.44. The summed E-state index contributed by atoms with van der Waals surface area (Å²) in [6, 6.07) is 8.75. The number of benzene rings is 2. The second-order valence-electron chi connectivity index (χ2n) is 4.36. The van der Waals surface area contributed by atoms with Gasteiger partial charge in [0.2, 0.25) is 0 Å². The van der Waals surface area contributed by atoms with E-state index in [4.69, 9.17) is 15.2 Å². The first kappa shape index (κ1) is 14.8. The molecule has 0 aromatic heterocycles. The lowest BCUT2D eigenvalue weighted by Gasteiger charge is -2.09. The molecular formula is C16H16FNO3. The highest BCUT2D eigenvalue weighted by atomic mass is 19.1. The zero-order valence-electron chi connectivity index (χ0n) is 11.9. The highest BCUT2D eigenvalue weighted by Gasteiger charge is 2.16. The molecule has 2 aromatic carbocycles. The van der Waals surface area contributed by atoms with Crippen molar-refractivity contribution < 1.29 is 18.7 Å². The molecule has 5 heteroatoms. The van der Waals surface area contributed by atoms with Gasteiger partial charge in [-0.1, -0.05) is 0 Å². The summed E-state index contributed by atoms with van der Waals surface area (Å²) in [7, 11) is 1.43. The molecule has 0 unspecified atom stereocenters. The molecule has 0 aliphatic rings. The first-order chi connectivity index (χ1) is 10.1. The molecule has 2 N–H and O–H groups in total. The van der Waals surface area contributed by atoms with E-state index >= 15 is 0 Å². The van der Waals surface area contributed by atoms with Gasteiger partial charge in [-0.25, -0.2) is 4.39 Å². The zero-order valence-corrected chi connectivity index (χ0v) is 11.9. The molecule has 0 saturated heterocycles. The predicted octanol–water partition coefficient (Wildman–Crippen LogP) is 3.05. The third-order valence-corrected chi connectivity index (χ3v) is 2.99. The number of halogens is 1. The Labute approximate surface area is 122 Å². The molecule has 0 aliphatic carbocycles. The normalized spacial score (nSPS) is 10.2. The Hall–Kier alpha value is -2.56. The van der Waals surface area contributed by atoms with Crippen LogP contribution in [-0.2, 0) is 0 Å². The van der Waals surface area contributed by atoms with Gasteiger partial charge in [-0.2, -0.15) is 0 Å². The highest BCUT2D eigenvalue weighted by Crippen LogP contribution is 2.25. The Morgan fingerprint density at radius 2 is 2.00 bits per heavy atom. The molecule has 4 nitrogen and oxygen atoms in total. The number of carbonyl (C=O) groups excluding carboxylic acids is 1. The lowest BCUT2D eigenvalue weighted by molar-refractivity contribution is 0.103. The molecular weight excluding hydrogens is 273 g/mol. The molecule has 2 aromatic rings. The van der Waals surface area contributed by atoms with Crippen LogP contribution in [0.2, 0.25) is 0 Å². The summed E-state index contributed by atoms with van der Waals surface area (Å²) in [5, 5.41) is 0. The van der Waals surface area contributed by atoms with Gasteiger partial charge < -0.3 is 15.2 Å². The predicted molar refractivity (Wildman–Crippen MR) is 78.4 cm³/mol. The van der Waals surface area contributed by atoms with Crippen LogP contribution in [0.4, 0.5) is 10.1 Å². The van der Waals surface area contributed by atoms with Crippen molar-refractivity contribution in [3.63, 3.8) is 0 Å². The molecule has 0 atom stereocenters. The number of anilines is 1. The lowest BCUT2D eigenvalue weighted by Crippen LogP contribution is -2.06. The number of hydrogen-bond donors (Lipinski definition) is 1. The summed E-state index contributed by atoms with van der Waals surface area (Å²) in [5.74, 6) is -0.212. The van der Waals surface area contributed by atoms with Gasteiger partial charge in [0.1, 0.15) is 17.3 Å². The topological polar surface area (TPSA) is 61.5 Å². The fraction of sp³-hybridized carbons (Fsp3) is 0.188. The van der Waals surface area contributed by atoms with Crippen molar-refractivity contribution in [2.75, 3.05) is 19.5 Å². The fourth-order valence-electron chi connectivity index (χ4n) is 1.94. The van der Waals surface area contributed by atoms with Crippen molar-refractivity contribution in [1.82, 2.24) is 0 Å². The van der Waals surface area contributed by atoms with Crippen LogP contribution in [0.25, 0.3) is 0 Å². The average Bonchev–Trinajstić information content (AvgIpc) is 2.48. The van der Waals surface area contributed by atoms with Crippen molar-refractivity contribution in [3.05, 3.63) is 53.3 Å². The number of hydrogen-bond acceptors (Lipinski definition) is 4. The van der Waals surface area contributed by atoms with Crippen molar-refractivity contribution in [2.24, 2.45) is 0 Å². The van der Waals surface area contributed by atoms with Gasteiger partial charge in [-0.3, -0.25) is 4.79 Å². The lowest BCUT2D eigenvalue weighted by atomic mass is 10.0. The number of rotatable bonds is 5. The van der Waals surface area contributed by atoms with E-state index in [1.807, 2.05) is 6.92 Å². The monoisotopic (exact) mass is 289 g/mol. The minimum Gasteiger partial charge on any atom is -0.497 e. The third-order valence-electron chi connectivity index (χ3n) is 2.99. The number of methoxy groups -OCH3 is 1. The second kappa shape index (κ2) is 6.26. The Balaban J connectivity index is 2.34. The van der Waals surface area contributed by atoms with Gasteiger partial charge in [0.15, 0.2) is 5.78 Å². The van der Waals surface area contributed by atoms with Gasteiger partial charge in [-0.15, -0.1) is 0 Å². The van der Waals surface area contributed by atoms with Crippen molar-refractivity contribution in [2.45, 2.75) is 6.92 Å². The van der Waals surface area contributed by atoms with Gasteiger partial charge in [0.25, 0.3) is 0 Å². The van der Waals surface area contributed by atoms with E-state index in [0.717, 1.165) is 0 Å². The maximum Gasteiger partial charge on any atom is 0.196 e. The van der Waals surface area contributed by atoms with Crippen molar-refractivity contribution in [1.29, 1.82) is 0 Å². The van der Waals surface area contributed by atoms with Crippen LogP contribution >= 0.6 is 0 Å². The van der Waals surface area contributed by atoms with E-state index in [9.17, 15) is 9.18 Å². The molecule has 0 amide bonds. The van der Waals surface area contributed by atoms with E-state index in [2.05, 4.69) is 0 Å². The average molecular weight is 289 g/mol. The number of nitrogen functional groups attached to an aromatic ring is 1. The van der Waals surface area contributed by atoms with Gasteiger partial charge in [-0.05, 0) is 37.3 Å². The second-order valence-corrected chi connectivity index (χ2v) is 4.36.